The van der Waals surface area contributed by atoms with Crippen LogP contribution in [0, 0.1) is 11.3 Å². The normalized spacial score (nSPS) is 17.6. The first-order chi connectivity index (χ1) is 33.0. The van der Waals surface area contributed by atoms with Gasteiger partial charge in [0.15, 0.2) is 23.2 Å². The van der Waals surface area contributed by atoms with Crippen LogP contribution in [0.25, 0.3) is 11.2 Å². The van der Waals surface area contributed by atoms with E-state index in [1.54, 1.807) is 43.1 Å². The Hall–Kier alpha value is -6.35. The Balaban J connectivity index is 1.37. The Morgan fingerprint density at radius 3 is 2.01 bits per heavy atom. The van der Waals surface area contributed by atoms with Crippen LogP contribution in [0.3, 0.4) is 0 Å². The van der Waals surface area contributed by atoms with E-state index in [0.717, 1.165) is 16.7 Å². The lowest BCUT2D eigenvalue weighted by atomic mass is 9.80. The molecular formula is C50H57N8O9P. The first-order valence-corrected chi connectivity index (χ1v) is 23.4. The summed E-state index contributed by atoms with van der Waals surface area (Å²) in [5.74, 6) is 0.754. The quantitative estimate of drug-likeness (QED) is 0.0380. The summed E-state index contributed by atoms with van der Waals surface area (Å²) in [7, 11) is 2.86. The van der Waals surface area contributed by atoms with E-state index in [2.05, 4.69) is 36.3 Å². The molecule has 1 saturated heterocycles. The van der Waals surface area contributed by atoms with Gasteiger partial charge in [-0.05, 0) is 80.8 Å². The van der Waals surface area contributed by atoms with E-state index in [4.69, 9.17) is 32.7 Å². The summed E-state index contributed by atoms with van der Waals surface area (Å²) in [6.45, 7) is 7.83. The molecule has 1 aliphatic heterocycles. The monoisotopic (exact) mass is 944 g/mol. The van der Waals surface area contributed by atoms with Crippen molar-refractivity contribution in [2.75, 3.05) is 46.4 Å². The maximum absolute atomic E-state index is 13.3. The summed E-state index contributed by atoms with van der Waals surface area (Å²) in [5, 5.41) is 15.1. The van der Waals surface area contributed by atoms with E-state index < -0.39 is 38.7 Å². The van der Waals surface area contributed by atoms with Crippen LogP contribution >= 0.6 is 8.53 Å². The minimum Gasteiger partial charge on any atom is -0.497 e. The number of hydrogen-bond donors (Lipinski definition) is 2. The molecule has 2 aromatic heterocycles. The van der Waals surface area contributed by atoms with Crippen LogP contribution in [-0.4, -0.2) is 107 Å². The number of amides is 2. The van der Waals surface area contributed by atoms with Crippen molar-refractivity contribution >= 4 is 37.3 Å². The summed E-state index contributed by atoms with van der Waals surface area (Å²) in [4.78, 5) is 40.0. The van der Waals surface area contributed by atoms with Crippen LogP contribution in [0.4, 0.5) is 5.82 Å². The van der Waals surface area contributed by atoms with Gasteiger partial charge < -0.3 is 43.4 Å². The van der Waals surface area contributed by atoms with Crippen LogP contribution in [0.2, 0.25) is 0 Å². The average molecular weight is 945 g/mol. The lowest BCUT2D eigenvalue weighted by Gasteiger charge is -2.39. The maximum Gasteiger partial charge on any atom is 0.259 e. The highest BCUT2D eigenvalue weighted by Gasteiger charge is 2.52. The van der Waals surface area contributed by atoms with Crippen LogP contribution < -0.4 is 20.1 Å². The molecule has 2 amide bonds. The number of aromatic nitrogens is 4. The largest absolute Gasteiger partial charge is 0.497 e. The Bertz CT molecular complexity index is 2560. The van der Waals surface area contributed by atoms with Crippen molar-refractivity contribution in [2.24, 2.45) is 0 Å². The van der Waals surface area contributed by atoms with Crippen molar-refractivity contribution in [3.05, 3.63) is 144 Å². The van der Waals surface area contributed by atoms with E-state index in [0.29, 0.717) is 22.7 Å². The number of carbonyl (C=O) groups is 2. The van der Waals surface area contributed by atoms with Crippen molar-refractivity contribution in [1.82, 2.24) is 29.5 Å². The van der Waals surface area contributed by atoms with Crippen LogP contribution in [0.1, 0.15) is 67.4 Å². The fourth-order valence-electron chi connectivity index (χ4n) is 8.19. The Kier molecular flexibility index (Phi) is 16.8. The molecule has 18 heteroatoms. The third-order valence-electron chi connectivity index (χ3n) is 11.4. The van der Waals surface area contributed by atoms with Gasteiger partial charge in [0.2, 0.25) is 5.91 Å². The zero-order chi connectivity index (χ0) is 48.2. The minimum atomic E-state index is -1.90. The molecule has 0 spiro atoms. The second-order valence-corrected chi connectivity index (χ2v) is 17.7. The maximum atomic E-state index is 13.3. The molecule has 5 atom stereocenters. The average Bonchev–Trinajstić information content (AvgIpc) is 3.95. The second kappa shape index (κ2) is 23.1. The summed E-state index contributed by atoms with van der Waals surface area (Å²) in [6, 6.07) is 36.1. The van der Waals surface area contributed by atoms with Crippen molar-refractivity contribution in [1.29, 1.82) is 5.26 Å². The van der Waals surface area contributed by atoms with Gasteiger partial charge in [0.05, 0.1) is 46.3 Å². The van der Waals surface area contributed by atoms with Crippen LogP contribution in [0.15, 0.2) is 122 Å². The number of rotatable bonds is 22. The number of imidazole rings is 1. The number of anilines is 1. The molecule has 3 heterocycles. The molecule has 6 aromatic rings. The molecular weight excluding hydrogens is 888 g/mol. The molecule has 356 valence electrons. The lowest BCUT2D eigenvalue weighted by Crippen LogP contribution is -2.43. The van der Waals surface area contributed by atoms with E-state index in [1.165, 1.54) is 19.7 Å². The fraction of sp³-hybridized carbons (Fsp3) is 0.360. The summed E-state index contributed by atoms with van der Waals surface area (Å²) >= 11 is 0. The van der Waals surface area contributed by atoms with Gasteiger partial charge in [-0.3, -0.25) is 14.2 Å². The topological polar surface area (TPSA) is 193 Å². The molecule has 0 radical (unpaired) electrons. The van der Waals surface area contributed by atoms with E-state index >= 15 is 0 Å². The smallest absolute Gasteiger partial charge is 0.259 e. The fourth-order valence-corrected chi connectivity index (χ4v) is 9.96. The molecule has 68 heavy (non-hydrogen) atoms. The molecule has 0 saturated carbocycles. The SMILES string of the molecule is CNC(=O)CO[C@@H]1[C@H](OP(OCCC#N)N(C(C)C)C(C)C)[C@@H](COC(c2ccccc2)(c2ccc(OC)cc2)c2ccc(OC)cc2)O[C@H]1n1cnc2c(NC(=O)c3ccccc3)ncnc21. The molecule has 0 aliphatic carbocycles. The number of hydrogen-bond acceptors (Lipinski definition) is 14. The number of nitrogens with zero attached hydrogens (tertiary/aromatic N) is 6. The van der Waals surface area contributed by atoms with Gasteiger partial charge in [-0.1, -0.05) is 72.8 Å². The highest BCUT2D eigenvalue weighted by Crippen LogP contribution is 2.51. The number of fused-ring (bicyclic) bond motifs is 1. The van der Waals surface area contributed by atoms with E-state index in [-0.39, 0.29) is 61.5 Å². The molecule has 7 rings (SSSR count). The number of likely N-dealkylation sites (N-methyl/N-ethyl adjacent to an activating group) is 1. The molecule has 2 N–H and O–H groups in total. The van der Waals surface area contributed by atoms with Crippen molar-refractivity contribution in [3.8, 4) is 17.6 Å². The zero-order valence-corrected chi connectivity index (χ0v) is 40.0. The lowest BCUT2D eigenvalue weighted by molar-refractivity contribution is -0.132. The summed E-state index contributed by atoms with van der Waals surface area (Å²) in [6.07, 6.45) is -0.962. The standard InChI is InChI=1S/C50H57N8O9P/c1-33(2)58(34(3)4)68(65-28-14-27-51)67-44-41(29-64-50(36-17-12-9-13-18-36,37-19-23-39(61-6)24-20-37)38-21-25-40(62-7)26-22-38)66-49(45(44)63-30-42(59)52-5)57-32-55-43-46(53-31-54-47(43)57)56-48(60)35-15-10-8-11-16-35/h8-13,15-26,31-34,41,44-45,49H,14,28-30H2,1-7H3,(H,52,59)(H,53,54,56,60)/t41-,44-,45-,49-,68?/m1/s1. The van der Waals surface area contributed by atoms with Crippen molar-refractivity contribution in [2.45, 2.75) is 76.3 Å². The minimum absolute atomic E-state index is 0.0454. The number of nitrogens with one attached hydrogen (secondary N) is 2. The predicted octanol–water partition coefficient (Wildman–Crippen LogP) is 7.79. The predicted molar refractivity (Wildman–Crippen MR) is 256 cm³/mol. The van der Waals surface area contributed by atoms with Crippen molar-refractivity contribution < 1.29 is 42.3 Å². The van der Waals surface area contributed by atoms with Crippen LogP contribution in [0.5, 0.6) is 11.5 Å². The van der Waals surface area contributed by atoms with E-state index in [1.807, 2.05) is 113 Å². The van der Waals surface area contributed by atoms with Gasteiger partial charge in [-0.2, -0.15) is 5.26 Å². The second-order valence-electron chi connectivity index (χ2n) is 16.3. The Morgan fingerprint density at radius 1 is 0.838 bits per heavy atom. The number of methoxy groups -OCH3 is 2. The molecule has 1 unspecified atom stereocenters. The number of ether oxygens (including phenoxy) is 5. The molecule has 1 aliphatic rings. The number of carbonyl (C=O) groups excluding carboxylic acids is 2. The molecule has 1 fully saturated rings. The number of benzene rings is 4. The van der Waals surface area contributed by atoms with E-state index in [9.17, 15) is 14.9 Å². The number of nitriles is 1. The van der Waals surface area contributed by atoms with Crippen LogP contribution in [-0.2, 0) is 33.7 Å². The third-order valence-corrected chi connectivity index (χ3v) is 13.5. The molecule has 17 nitrogen and oxygen atoms in total. The third kappa shape index (κ3) is 11.0. The molecule has 4 aromatic carbocycles. The zero-order valence-electron chi connectivity index (χ0n) is 39.1. The highest BCUT2D eigenvalue weighted by molar-refractivity contribution is 7.44. The Labute approximate surface area is 397 Å². The summed E-state index contributed by atoms with van der Waals surface area (Å²) in [5.41, 5.74) is 2.21. The highest BCUT2D eigenvalue weighted by atomic mass is 31.2. The van der Waals surface area contributed by atoms with Gasteiger partial charge in [0, 0.05) is 24.7 Å². The van der Waals surface area contributed by atoms with Gasteiger partial charge >= 0.3 is 0 Å². The van der Waals surface area contributed by atoms with Gasteiger partial charge in [-0.25, -0.2) is 19.6 Å². The van der Waals surface area contributed by atoms with Crippen molar-refractivity contribution in [3.63, 3.8) is 0 Å². The summed E-state index contributed by atoms with van der Waals surface area (Å²) < 4.78 is 49.7. The van der Waals surface area contributed by atoms with Gasteiger partial charge in [0.1, 0.15) is 48.3 Å². The first-order valence-electron chi connectivity index (χ1n) is 22.3. The molecule has 0 bridgehead atoms. The van der Waals surface area contributed by atoms with Gasteiger partial charge in [-0.15, -0.1) is 0 Å². The van der Waals surface area contributed by atoms with Gasteiger partial charge in [0.25, 0.3) is 14.4 Å². The first kappa shape index (κ1) is 49.6. The Morgan fingerprint density at radius 2 is 1.44 bits per heavy atom.